The van der Waals surface area contributed by atoms with Crippen molar-refractivity contribution in [1.29, 1.82) is 5.26 Å². The number of fused-ring (bicyclic) bond motifs is 1. The summed E-state index contributed by atoms with van der Waals surface area (Å²) in [5, 5.41) is 11.7. The summed E-state index contributed by atoms with van der Waals surface area (Å²) in [6.45, 7) is 2.79. The normalized spacial score (nSPS) is 13.8. The first-order valence-electron chi connectivity index (χ1n) is 5.97. The highest BCUT2D eigenvalue weighted by Crippen LogP contribution is 2.38. The number of halogens is 1. The molecule has 0 aromatic heterocycles. The third kappa shape index (κ3) is 3.37. The molecule has 0 radical (unpaired) electrons. The number of nitriles is 1. The smallest absolute Gasteiger partial charge is 0.175 e. The molecule has 2 rings (SSSR count). The van der Waals surface area contributed by atoms with E-state index in [9.17, 15) is 0 Å². The number of ether oxygens (including phenoxy) is 2. The molecule has 0 saturated carbocycles. The lowest BCUT2D eigenvalue weighted by atomic mass is 10.2. The molecule has 1 N–H and O–H groups in total. The van der Waals surface area contributed by atoms with E-state index in [1.807, 2.05) is 12.1 Å². The van der Waals surface area contributed by atoms with Crippen LogP contribution in [0.1, 0.15) is 18.4 Å². The van der Waals surface area contributed by atoms with Gasteiger partial charge >= 0.3 is 0 Å². The lowest BCUT2D eigenvalue weighted by Gasteiger charge is -2.12. The van der Waals surface area contributed by atoms with E-state index in [0.29, 0.717) is 26.2 Å². The van der Waals surface area contributed by atoms with Crippen LogP contribution < -0.4 is 14.8 Å². The van der Waals surface area contributed by atoms with Gasteiger partial charge < -0.3 is 14.8 Å². The third-order valence-corrected chi connectivity index (χ3v) is 3.19. The van der Waals surface area contributed by atoms with Crippen LogP contribution in [0.4, 0.5) is 0 Å². The largest absolute Gasteiger partial charge is 0.490 e. The Morgan fingerprint density at radius 3 is 3.00 bits per heavy atom. The molecule has 96 valence electrons. The van der Waals surface area contributed by atoms with Gasteiger partial charge in [-0.2, -0.15) is 5.26 Å². The zero-order valence-corrected chi connectivity index (χ0v) is 11.6. The van der Waals surface area contributed by atoms with Crippen LogP contribution >= 0.6 is 15.9 Å². The van der Waals surface area contributed by atoms with Gasteiger partial charge in [-0.05, 0) is 33.6 Å². The van der Waals surface area contributed by atoms with Gasteiger partial charge in [0.05, 0.1) is 23.8 Å². The third-order valence-electron chi connectivity index (χ3n) is 2.60. The first kappa shape index (κ1) is 13.2. The van der Waals surface area contributed by atoms with E-state index in [-0.39, 0.29) is 0 Å². The van der Waals surface area contributed by atoms with Crippen LogP contribution in [0, 0.1) is 11.3 Å². The van der Waals surface area contributed by atoms with Crippen molar-refractivity contribution in [2.75, 3.05) is 19.8 Å². The van der Waals surface area contributed by atoms with E-state index in [4.69, 9.17) is 14.7 Å². The highest BCUT2D eigenvalue weighted by atomic mass is 79.9. The van der Waals surface area contributed by atoms with Crippen LogP contribution in [0.25, 0.3) is 0 Å². The van der Waals surface area contributed by atoms with E-state index < -0.39 is 0 Å². The topological polar surface area (TPSA) is 54.3 Å². The number of nitrogens with one attached hydrogen (secondary N) is 1. The molecule has 5 heteroatoms. The quantitative estimate of drug-likeness (QED) is 0.869. The molecule has 0 fully saturated rings. The summed E-state index contributed by atoms with van der Waals surface area (Å²) in [6, 6.07) is 6.12. The number of hydrogen-bond donors (Lipinski definition) is 1. The molecule has 0 amide bonds. The Morgan fingerprint density at radius 2 is 2.17 bits per heavy atom. The minimum absolute atomic E-state index is 0.520. The average Bonchev–Trinajstić information content (AvgIpc) is 2.60. The monoisotopic (exact) mass is 310 g/mol. The summed E-state index contributed by atoms with van der Waals surface area (Å²) in [7, 11) is 0. The molecule has 4 nitrogen and oxygen atoms in total. The number of rotatable bonds is 4. The van der Waals surface area contributed by atoms with Crippen molar-refractivity contribution >= 4 is 15.9 Å². The van der Waals surface area contributed by atoms with Crippen molar-refractivity contribution in [1.82, 2.24) is 5.32 Å². The van der Waals surface area contributed by atoms with Gasteiger partial charge in [-0.25, -0.2) is 0 Å². The Labute approximate surface area is 115 Å². The van der Waals surface area contributed by atoms with E-state index in [1.54, 1.807) is 0 Å². The summed E-state index contributed by atoms with van der Waals surface area (Å²) >= 11 is 3.51. The fraction of sp³-hybridized carbons (Fsp3) is 0.462. The van der Waals surface area contributed by atoms with Gasteiger partial charge in [0.1, 0.15) is 0 Å². The van der Waals surface area contributed by atoms with E-state index in [2.05, 4.69) is 27.3 Å². The maximum absolute atomic E-state index is 8.46. The predicted molar refractivity (Wildman–Crippen MR) is 71.7 cm³/mol. The van der Waals surface area contributed by atoms with E-state index >= 15 is 0 Å². The van der Waals surface area contributed by atoms with Crippen LogP contribution in [0.2, 0.25) is 0 Å². The van der Waals surface area contributed by atoms with Crippen molar-refractivity contribution in [3.8, 4) is 17.6 Å². The minimum Gasteiger partial charge on any atom is -0.490 e. The summed E-state index contributed by atoms with van der Waals surface area (Å²) in [5.74, 6) is 1.58. The molecule has 0 spiro atoms. The maximum Gasteiger partial charge on any atom is 0.175 e. The van der Waals surface area contributed by atoms with Gasteiger partial charge in [-0.3, -0.25) is 0 Å². The molecule has 0 aliphatic carbocycles. The van der Waals surface area contributed by atoms with Crippen molar-refractivity contribution in [2.45, 2.75) is 19.4 Å². The van der Waals surface area contributed by atoms with Crippen LogP contribution in [-0.2, 0) is 6.54 Å². The van der Waals surface area contributed by atoms with Gasteiger partial charge in [-0.15, -0.1) is 0 Å². The van der Waals surface area contributed by atoms with Crippen molar-refractivity contribution in [2.24, 2.45) is 0 Å². The van der Waals surface area contributed by atoms with Crippen molar-refractivity contribution < 1.29 is 9.47 Å². The SMILES string of the molecule is N#CCCNCc1cc(Br)c2c(c1)OCCCO2. The van der Waals surface area contributed by atoms with E-state index in [1.165, 1.54) is 0 Å². The van der Waals surface area contributed by atoms with E-state index in [0.717, 1.165) is 34.5 Å². The standard InChI is InChI=1S/C13H15BrN2O2/c14-11-7-10(9-16-4-1-3-15)8-12-13(11)18-6-2-5-17-12/h7-8,16H,1-2,4-6,9H2. The first-order chi connectivity index (χ1) is 8.81. The summed E-state index contributed by atoms with van der Waals surface area (Å²) in [4.78, 5) is 0. The maximum atomic E-state index is 8.46. The number of benzene rings is 1. The highest BCUT2D eigenvalue weighted by Gasteiger charge is 2.14. The average molecular weight is 311 g/mol. The van der Waals surface area contributed by atoms with Crippen molar-refractivity contribution in [3.05, 3.63) is 22.2 Å². The van der Waals surface area contributed by atoms with Gasteiger partial charge in [0.2, 0.25) is 0 Å². The zero-order valence-electron chi connectivity index (χ0n) is 10.0. The fourth-order valence-electron chi connectivity index (χ4n) is 1.76. The van der Waals surface area contributed by atoms with Gasteiger partial charge in [0.15, 0.2) is 11.5 Å². The molecule has 0 bridgehead atoms. The second kappa shape index (κ2) is 6.62. The van der Waals surface area contributed by atoms with Gasteiger partial charge in [0.25, 0.3) is 0 Å². The Kier molecular flexibility index (Phi) is 4.85. The van der Waals surface area contributed by atoms with Crippen LogP contribution in [0.3, 0.4) is 0 Å². The molecular weight excluding hydrogens is 296 g/mol. The Balaban J connectivity index is 2.06. The molecule has 0 unspecified atom stereocenters. The van der Waals surface area contributed by atoms with Crippen LogP contribution in [0.15, 0.2) is 16.6 Å². The Morgan fingerprint density at radius 1 is 1.33 bits per heavy atom. The van der Waals surface area contributed by atoms with Crippen molar-refractivity contribution in [3.63, 3.8) is 0 Å². The number of hydrogen-bond acceptors (Lipinski definition) is 4. The second-order valence-corrected chi connectivity index (χ2v) is 4.89. The van der Waals surface area contributed by atoms with Crippen LogP contribution in [0.5, 0.6) is 11.5 Å². The minimum atomic E-state index is 0.520. The lowest BCUT2D eigenvalue weighted by molar-refractivity contribution is 0.296. The molecule has 1 aliphatic rings. The van der Waals surface area contributed by atoms with Crippen LogP contribution in [-0.4, -0.2) is 19.8 Å². The predicted octanol–water partition coefficient (Wildman–Crippen LogP) is 2.61. The Hall–Kier alpha value is -1.25. The number of nitrogens with zero attached hydrogens (tertiary/aromatic N) is 1. The summed E-state index contributed by atoms with van der Waals surface area (Å²) in [5.41, 5.74) is 1.11. The Bertz CT molecular complexity index is 457. The molecule has 1 aliphatic heterocycles. The van der Waals surface area contributed by atoms with Gasteiger partial charge in [0, 0.05) is 25.9 Å². The summed E-state index contributed by atoms with van der Waals surface area (Å²) in [6.07, 6.45) is 1.42. The second-order valence-electron chi connectivity index (χ2n) is 4.04. The fourth-order valence-corrected chi connectivity index (χ4v) is 2.37. The zero-order chi connectivity index (χ0) is 12.8. The molecule has 18 heavy (non-hydrogen) atoms. The first-order valence-corrected chi connectivity index (χ1v) is 6.76. The lowest BCUT2D eigenvalue weighted by Crippen LogP contribution is -2.14. The molecule has 0 atom stereocenters. The highest BCUT2D eigenvalue weighted by molar-refractivity contribution is 9.10. The molecular formula is C13H15BrN2O2. The van der Waals surface area contributed by atoms with Gasteiger partial charge in [-0.1, -0.05) is 0 Å². The molecule has 1 aromatic carbocycles. The molecule has 1 heterocycles. The molecule has 1 aromatic rings. The summed E-state index contributed by atoms with van der Waals surface area (Å²) < 4.78 is 12.2. The molecule has 0 saturated heterocycles.